The van der Waals surface area contributed by atoms with E-state index in [2.05, 4.69) is 4.90 Å². The number of likely N-dealkylation sites (tertiary alicyclic amines) is 1. The van der Waals surface area contributed by atoms with Crippen LogP contribution in [-0.4, -0.2) is 48.9 Å². The van der Waals surface area contributed by atoms with Gasteiger partial charge in [0.2, 0.25) is 0 Å². The van der Waals surface area contributed by atoms with Gasteiger partial charge in [0.05, 0.1) is 6.10 Å². The summed E-state index contributed by atoms with van der Waals surface area (Å²) in [5.41, 5.74) is 7.98. The van der Waals surface area contributed by atoms with Crippen molar-refractivity contribution in [1.29, 1.82) is 0 Å². The average molecular weight is 292 g/mol. The maximum absolute atomic E-state index is 10.5. The summed E-state index contributed by atoms with van der Waals surface area (Å²) >= 11 is 0. The quantitative estimate of drug-likeness (QED) is 0.873. The van der Waals surface area contributed by atoms with Crippen LogP contribution >= 0.6 is 0 Å². The number of aliphatic hydroxyl groups is 1. The maximum Gasteiger partial charge on any atom is 0.164 e. The molecule has 0 radical (unpaired) electrons. The van der Waals surface area contributed by atoms with Crippen LogP contribution < -0.4 is 15.2 Å². The Morgan fingerprint density at radius 2 is 1.95 bits per heavy atom. The molecule has 2 heterocycles. The van der Waals surface area contributed by atoms with Crippen LogP contribution in [0.2, 0.25) is 0 Å². The molecule has 1 aromatic carbocycles. The Balaban J connectivity index is 1.74. The lowest BCUT2D eigenvalue weighted by Gasteiger charge is -2.26. The van der Waals surface area contributed by atoms with Crippen LogP contribution in [0.15, 0.2) is 12.1 Å². The Kier molecular flexibility index (Phi) is 4.33. The number of nitrogens with two attached hydrogens (primary N) is 1. The number of hydrogen-bond donors (Lipinski definition) is 2. The average Bonchev–Trinajstić information content (AvgIpc) is 2.99. The van der Waals surface area contributed by atoms with E-state index in [0.29, 0.717) is 19.0 Å². The molecule has 1 fully saturated rings. The van der Waals surface area contributed by atoms with Crippen molar-refractivity contribution in [3.05, 3.63) is 23.3 Å². The van der Waals surface area contributed by atoms with Crippen LogP contribution in [0.3, 0.4) is 0 Å². The van der Waals surface area contributed by atoms with E-state index >= 15 is 0 Å². The van der Waals surface area contributed by atoms with Crippen LogP contribution in [0.4, 0.5) is 0 Å². The lowest BCUT2D eigenvalue weighted by atomic mass is 9.99. The molecular formula is C16H24N2O3. The van der Waals surface area contributed by atoms with Crippen LogP contribution in [0.1, 0.15) is 30.1 Å². The number of aryl methyl sites for hydroxylation is 1. The fourth-order valence-electron chi connectivity index (χ4n) is 3.14. The molecule has 5 heteroatoms. The second-order valence-corrected chi connectivity index (χ2v) is 5.98. The van der Waals surface area contributed by atoms with Crippen molar-refractivity contribution in [3.63, 3.8) is 0 Å². The van der Waals surface area contributed by atoms with E-state index in [1.807, 2.05) is 19.1 Å². The van der Waals surface area contributed by atoms with Crippen molar-refractivity contribution < 1.29 is 14.6 Å². The molecule has 0 amide bonds. The molecule has 2 atom stereocenters. The largest absolute Gasteiger partial charge is 0.486 e. The Bertz CT molecular complexity index is 501. The molecule has 0 bridgehead atoms. The molecular weight excluding hydrogens is 268 g/mol. The van der Waals surface area contributed by atoms with Gasteiger partial charge in [0.25, 0.3) is 0 Å². The minimum Gasteiger partial charge on any atom is -0.486 e. The first-order valence-corrected chi connectivity index (χ1v) is 7.71. The molecule has 3 rings (SSSR count). The molecule has 3 N–H and O–H groups in total. The van der Waals surface area contributed by atoms with Crippen LogP contribution in [0, 0.1) is 6.92 Å². The smallest absolute Gasteiger partial charge is 0.164 e. The zero-order valence-electron chi connectivity index (χ0n) is 12.5. The summed E-state index contributed by atoms with van der Waals surface area (Å²) in [6.45, 7) is 5.99. The van der Waals surface area contributed by atoms with Crippen molar-refractivity contribution in [2.75, 3.05) is 32.8 Å². The Morgan fingerprint density at radius 3 is 2.71 bits per heavy atom. The highest BCUT2D eigenvalue weighted by Crippen LogP contribution is 2.36. The summed E-state index contributed by atoms with van der Waals surface area (Å²) in [6.07, 6.45) is 1.78. The molecule has 2 aliphatic heterocycles. The highest BCUT2D eigenvalue weighted by atomic mass is 16.6. The number of benzene rings is 1. The topological polar surface area (TPSA) is 68.0 Å². The van der Waals surface area contributed by atoms with E-state index in [9.17, 15) is 5.11 Å². The number of ether oxygens (including phenoxy) is 2. The monoisotopic (exact) mass is 292 g/mol. The summed E-state index contributed by atoms with van der Waals surface area (Å²) in [5, 5.41) is 10.5. The van der Waals surface area contributed by atoms with E-state index in [1.165, 1.54) is 12.8 Å². The normalized spacial score (nSPS) is 21.3. The first kappa shape index (κ1) is 14.6. The third-order valence-electron chi connectivity index (χ3n) is 4.26. The number of rotatable bonds is 4. The first-order valence-electron chi connectivity index (χ1n) is 7.71. The van der Waals surface area contributed by atoms with Crippen molar-refractivity contribution in [2.45, 2.75) is 31.9 Å². The van der Waals surface area contributed by atoms with E-state index in [0.717, 1.165) is 36.5 Å². The molecule has 1 aromatic rings. The highest BCUT2D eigenvalue weighted by Gasteiger charge is 2.24. The Morgan fingerprint density at radius 1 is 1.24 bits per heavy atom. The second kappa shape index (κ2) is 6.22. The van der Waals surface area contributed by atoms with Gasteiger partial charge in [0.1, 0.15) is 13.2 Å². The molecule has 5 nitrogen and oxygen atoms in total. The fraction of sp³-hybridized carbons (Fsp3) is 0.625. The van der Waals surface area contributed by atoms with Crippen LogP contribution in [0.5, 0.6) is 11.5 Å². The van der Waals surface area contributed by atoms with Gasteiger partial charge in [0.15, 0.2) is 11.5 Å². The lowest BCUT2D eigenvalue weighted by Crippen LogP contribution is -2.40. The molecule has 2 aliphatic rings. The molecule has 0 spiro atoms. The van der Waals surface area contributed by atoms with Gasteiger partial charge in [-0.25, -0.2) is 0 Å². The maximum atomic E-state index is 10.5. The lowest BCUT2D eigenvalue weighted by molar-refractivity contribution is 0.123. The molecule has 0 unspecified atom stereocenters. The molecule has 0 aliphatic carbocycles. The van der Waals surface area contributed by atoms with Gasteiger partial charge in [-0.1, -0.05) is 0 Å². The van der Waals surface area contributed by atoms with E-state index < -0.39 is 6.10 Å². The van der Waals surface area contributed by atoms with Crippen molar-refractivity contribution in [1.82, 2.24) is 4.90 Å². The fourth-order valence-corrected chi connectivity index (χ4v) is 3.14. The number of aliphatic hydroxyl groups excluding tert-OH is 1. The summed E-state index contributed by atoms with van der Waals surface area (Å²) < 4.78 is 11.2. The van der Waals surface area contributed by atoms with Gasteiger partial charge in [-0.15, -0.1) is 0 Å². The summed E-state index contributed by atoms with van der Waals surface area (Å²) in [7, 11) is 0. The summed E-state index contributed by atoms with van der Waals surface area (Å²) in [4.78, 5) is 2.32. The molecule has 21 heavy (non-hydrogen) atoms. The Labute approximate surface area is 125 Å². The molecule has 0 aromatic heterocycles. The van der Waals surface area contributed by atoms with Gasteiger partial charge in [0, 0.05) is 12.6 Å². The zero-order chi connectivity index (χ0) is 14.8. The third kappa shape index (κ3) is 3.15. The first-order chi connectivity index (χ1) is 10.1. The number of fused-ring (bicyclic) bond motifs is 1. The van der Waals surface area contributed by atoms with Gasteiger partial charge in [-0.2, -0.15) is 0 Å². The predicted octanol–water partition coefficient (Wildman–Crippen LogP) is 1.22. The predicted molar refractivity (Wildman–Crippen MR) is 80.8 cm³/mol. The van der Waals surface area contributed by atoms with Crippen molar-refractivity contribution in [2.24, 2.45) is 5.73 Å². The zero-order valence-corrected chi connectivity index (χ0v) is 12.5. The summed E-state index contributed by atoms with van der Waals surface area (Å²) in [5.74, 6) is 1.49. The molecule has 1 saturated heterocycles. The van der Waals surface area contributed by atoms with Gasteiger partial charge in [-0.3, -0.25) is 0 Å². The Hall–Kier alpha value is -1.30. The van der Waals surface area contributed by atoms with Gasteiger partial charge >= 0.3 is 0 Å². The second-order valence-electron chi connectivity index (χ2n) is 5.98. The van der Waals surface area contributed by atoms with Crippen molar-refractivity contribution >= 4 is 0 Å². The summed E-state index contributed by atoms with van der Waals surface area (Å²) in [6, 6.07) is 3.52. The van der Waals surface area contributed by atoms with E-state index in [4.69, 9.17) is 15.2 Å². The van der Waals surface area contributed by atoms with E-state index in [-0.39, 0.29) is 6.04 Å². The minimum atomic E-state index is -0.680. The minimum absolute atomic E-state index is 0.287. The van der Waals surface area contributed by atoms with Gasteiger partial charge in [-0.05, 0) is 56.1 Å². The van der Waals surface area contributed by atoms with Gasteiger partial charge < -0.3 is 25.2 Å². The SMILES string of the molecule is Cc1cc([C@@H](O)[C@H](N)CN2CCCC2)cc2c1OCCO2. The standard InChI is InChI=1S/C16H24N2O3/c1-11-8-12(9-14-16(11)21-7-6-20-14)15(19)13(17)10-18-4-2-3-5-18/h8-9,13,15,19H,2-7,10,17H2,1H3/t13-,15-/m1/s1. The van der Waals surface area contributed by atoms with Crippen molar-refractivity contribution in [3.8, 4) is 11.5 Å². The molecule has 116 valence electrons. The van der Waals surface area contributed by atoms with E-state index in [1.54, 1.807) is 0 Å². The number of hydrogen-bond acceptors (Lipinski definition) is 5. The highest BCUT2D eigenvalue weighted by molar-refractivity contribution is 5.50. The van der Waals surface area contributed by atoms with Crippen LogP contribution in [-0.2, 0) is 0 Å². The van der Waals surface area contributed by atoms with Crippen LogP contribution in [0.25, 0.3) is 0 Å². The number of nitrogens with zero attached hydrogens (tertiary/aromatic N) is 1. The molecule has 0 saturated carbocycles. The third-order valence-corrected chi connectivity index (χ3v) is 4.26.